The van der Waals surface area contributed by atoms with Crippen molar-refractivity contribution in [2.75, 3.05) is 26.2 Å². The van der Waals surface area contributed by atoms with E-state index in [0.717, 1.165) is 19.1 Å². The average molecular weight is 282 g/mol. The molecule has 3 nitrogen and oxygen atoms in total. The van der Waals surface area contributed by atoms with Gasteiger partial charge in [0.15, 0.2) is 0 Å². The van der Waals surface area contributed by atoms with Gasteiger partial charge in [0.25, 0.3) is 0 Å². The summed E-state index contributed by atoms with van der Waals surface area (Å²) in [5.41, 5.74) is 0. The van der Waals surface area contributed by atoms with E-state index in [9.17, 15) is 0 Å². The van der Waals surface area contributed by atoms with Crippen LogP contribution in [-0.4, -0.2) is 43.2 Å². The molecule has 0 aromatic rings. The van der Waals surface area contributed by atoms with E-state index in [1.807, 2.05) is 23.0 Å². The van der Waals surface area contributed by atoms with Gasteiger partial charge in [0.1, 0.15) is 23.0 Å². The number of hydrogen-bond donors (Lipinski definition) is 1. The molecule has 70 valence electrons. The Hall–Kier alpha value is 0.610. The minimum atomic E-state index is 0.500. The van der Waals surface area contributed by atoms with Crippen molar-refractivity contribution in [3.05, 3.63) is 0 Å². The van der Waals surface area contributed by atoms with Gasteiger partial charge in [0.2, 0.25) is 0 Å². The van der Waals surface area contributed by atoms with Crippen molar-refractivity contribution in [1.29, 1.82) is 0 Å². The van der Waals surface area contributed by atoms with Crippen LogP contribution in [0.5, 0.6) is 0 Å². The van der Waals surface area contributed by atoms with Crippen molar-refractivity contribution in [2.24, 2.45) is 0 Å². The molecule has 1 N–H and O–H groups in total. The third-order valence-electron chi connectivity index (χ3n) is 2.83. The molecular weight excluding hydrogens is 267 g/mol. The van der Waals surface area contributed by atoms with Crippen LogP contribution >= 0.6 is 23.0 Å². The normalized spacial score (nSPS) is 28.8. The van der Waals surface area contributed by atoms with Crippen molar-refractivity contribution in [1.82, 2.24) is 10.2 Å². The van der Waals surface area contributed by atoms with Crippen molar-refractivity contribution in [3.63, 3.8) is 0 Å². The Bertz CT molecular complexity index is 144. The topological polar surface area (TPSA) is 24.5 Å². The molecule has 0 spiro atoms. The molecule has 2 saturated heterocycles. The van der Waals surface area contributed by atoms with Crippen LogP contribution in [0.2, 0.25) is 0 Å². The van der Waals surface area contributed by atoms with Gasteiger partial charge >= 0.3 is 0 Å². The standard InChI is InChI=1S/C8H15IN2O/c9-12-8-5-11(6-8)7-1-3-10-4-2-7/h7-8,10H,1-6H2. The molecule has 0 aromatic heterocycles. The van der Waals surface area contributed by atoms with Crippen LogP contribution in [0.4, 0.5) is 0 Å². The summed E-state index contributed by atoms with van der Waals surface area (Å²) in [5, 5.41) is 3.38. The van der Waals surface area contributed by atoms with Gasteiger partial charge in [-0.15, -0.1) is 0 Å². The molecule has 2 aliphatic rings. The Morgan fingerprint density at radius 1 is 1.25 bits per heavy atom. The molecule has 12 heavy (non-hydrogen) atoms. The molecule has 0 atom stereocenters. The molecule has 2 aliphatic heterocycles. The SMILES string of the molecule is IOC1CN(C2CCNCC2)C1. The number of nitrogens with zero attached hydrogens (tertiary/aromatic N) is 1. The zero-order chi connectivity index (χ0) is 8.39. The maximum atomic E-state index is 5.22. The number of rotatable bonds is 2. The summed E-state index contributed by atoms with van der Waals surface area (Å²) in [6.07, 6.45) is 3.13. The molecule has 0 radical (unpaired) electrons. The second kappa shape index (κ2) is 4.21. The summed E-state index contributed by atoms with van der Waals surface area (Å²) in [5.74, 6) is 0. The van der Waals surface area contributed by atoms with E-state index in [2.05, 4.69) is 10.2 Å². The molecule has 0 aromatic carbocycles. The first-order chi connectivity index (χ1) is 5.90. The molecule has 0 amide bonds. The quantitative estimate of drug-likeness (QED) is 0.758. The summed E-state index contributed by atoms with van der Waals surface area (Å²) in [7, 11) is 0. The van der Waals surface area contributed by atoms with Gasteiger partial charge in [-0.2, -0.15) is 0 Å². The van der Waals surface area contributed by atoms with Crippen molar-refractivity contribution >= 4 is 23.0 Å². The Morgan fingerprint density at radius 3 is 2.50 bits per heavy atom. The van der Waals surface area contributed by atoms with Crippen molar-refractivity contribution in [3.8, 4) is 0 Å². The Balaban J connectivity index is 1.72. The number of likely N-dealkylation sites (tertiary alicyclic amines) is 1. The fraction of sp³-hybridized carbons (Fsp3) is 1.00. The summed E-state index contributed by atoms with van der Waals surface area (Å²) in [6.45, 7) is 4.68. The Kier molecular flexibility index (Phi) is 3.22. The molecule has 4 heteroatoms. The molecule has 2 rings (SSSR count). The van der Waals surface area contributed by atoms with Gasteiger partial charge in [0, 0.05) is 19.1 Å². The highest BCUT2D eigenvalue weighted by molar-refractivity contribution is 14.1. The molecule has 0 aliphatic carbocycles. The first-order valence-electron chi connectivity index (χ1n) is 4.62. The largest absolute Gasteiger partial charge is 0.317 e. The van der Waals surface area contributed by atoms with Crippen LogP contribution in [0.3, 0.4) is 0 Å². The summed E-state index contributed by atoms with van der Waals surface area (Å²) >= 11 is 2.01. The summed E-state index contributed by atoms with van der Waals surface area (Å²) in [4.78, 5) is 2.55. The molecule has 2 fully saturated rings. The maximum Gasteiger partial charge on any atom is 0.110 e. The highest BCUT2D eigenvalue weighted by Gasteiger charge is 2.32. The lowest BCUT2D eigenvalue weighted by atomic mass is 10.00. The van der Waals surface area contributed by atoms with Crippen LogP contribution in [0.15, 0.2) is 0 Å². The maximum absolute atomic E-state index is 5.22. The lowest BCUT2D eigenvalue weighted by Gasteiger charge is -2.44. The van der Waals surface area contributed by atoms with Crippen LogP contribution in [0.25, 0.3) is 0 Å². The van der Waals surface area contributed by atoms with Crippen LogP contribution in [0, 0.1) is 0 Å². The smallest absolute Gasteiger partial charge is 0.110 e. The van der Waals surface area contributed by atoms with Gasteiger partial charge in [-0.25, -0.2) is 0 Å². The third-order valence-corrected chi connectivity index (χ3v) is 3.55. The number of hydrogen-bond acceptors (Lipinski definition) is 3. The third kappa shape index (κ3) is 1.92. The molecule has 0 unspecified atom stereocenters. The molecule has 2 heterocycles. The molecule has 0 saturated carbocycles. The van der Waals surface area contributed by atoms with Gasteiger partial charge in [-0.1, -0.05) is 0 Å². The highest BCUT2D eigenvalue weighted by atomic mass is 127. The van der Waals surface area contributed by atoms with Gasteiger partial charge in [-0.3, -0.25) is 4.90 Å². The van der Waals surface area contributed by atoms with Crippen molar-refractivity contribution in [2.45, 2.75) is 25.0 Å². The van der Waals surface area contributed by atoms with Gasteiger partial charge < -0.3 is 8.38 Å². The van der Waals surface area contributed by atoms with E-state index in [1.165, 1.54) is 25.9 Å². The number of piperidine rings is 1. The monoisotopic (exact) mass is 282 g/mol. The van der Waals surface area contributed by atoms with Crippen LogP contribution < -0.4 is 5.32 Å². The fourth-order valence-corrected chi connectivity index (χ4v) is 2.32. The lowest BCUT2D eigenvalue weighted by Crippen LogP contribution is -2.57. The summed E-state index contributed by atoms with van der Waals surface area (Å²) in [6, 6.07) is 0.828. The Morgan fingerprint density at radius 2 is 1.92 bits per heavy atom. The second-order valence-corrected chi connectivity index (χ2v) is 4.15. The van der Waals surface area contributed by atoms with E-state index in [1.54, 1.807) is 0 Å². The number of nitrogens with one attached hydrogen (secondary N) is 1. The minimum Gasteiger partial charge on any atom is -0.317 e. The zero-order valence-corrected chi connectivity index (χ0v) is 9.29. The second-order valence-electron chi connectivity index (χ2n) is 3.65. The van der Waals surface area contributed by atoms with E-state index in [-0.39, 0.29) is 0 Å². The Labute approximate surface area is 87.5 Å². The van der Waals surface area contributed by atoms with Crippen LogP contribution in [-0.2, 0) is 3.07 Å². The van der Waals surface area contributed by atoms with Crippen molar-refractivity contribution < 1.29 is 3.07 Å². The van der Waals surface area contributed by atoms with E-state index >= 15 is 0 Å². The highest BCUT2D eigenvalue weighted by Crippen LogP contribution is 2.21. The van der Waals surface area contributed by atoms with Crippen LogP contribution in [0.1, 0.15) is 12.8 Å². The average Bonchev–Trinajstić information content (AvgIpc) is 2.04. The first kappa shape index (κ1) is 9.18. The lowest BCUT2D eigenvalue weighted by molar-refractivity contribution is 0.00391. The summed E-state index contributed by atoms with van der Waals surface area (Å²) < 4.78 is 5.22. The first-order valence-corrected chi connectivity index (χ1v) is 5.50. The fourth-order valence-electron chi connectivity index (χ4n) is 2.00. The molecule has 0 bridgehead atoms. The predicted octanol–water partition coefficient (Wildman–Crippen LogP) is 0.789. The van der Waals surface area contributed by atoms with Gasteiger partial charge in [0.05, 0.1) is 6.10 Å². The minimum absolute atomic E-state index is 0.500. The van der Waals surface area contributed by atoms with E-state index in [0.29, 0.717) is 6.10 Å². The molecular formula is C8H15IN2O. The number of halogens is 1. The van der Waals surface area contributed by atoms with Gasteiger partial charge in [-0.05, 0) is 25.9 Å². The zero-order valence-electron chi connectivity index (χ0n) is 7.13. The van der Waals surface area contributed by atoms with E-state index < -0.39 is 0 Å². The predicted molar refractivity (Wildman–Crippen MR) is 56.4 cm³/mol. The van der Waals surface area contributed by atoms with E-state index in [4.69, 9.17) is 3.07 Å².